The molecular formula is C26H26Cl3N3O4S. The molecule has 0 radical (unpaired) electrons. The van der Waals surface area contributed by atoms with Crippen molar-refractivity contribution in [3.63, 3.8) is 0 Å². The molecule has 0 unspecified atom stereocenters. The number of sulfonamides is 1. The molecule has 11 heteroatoms. The predicted octanol–water partition coefficient (Wildman–Crippen LogP) is 5.31. The highest BCUT2D eigenvalue weighted by Gasteiger charge is 2.32. The molecule has 3 rings (SSSR count). The van der Waals surface area contributed by atoms with Gasteiger partial charge in [0, 0.05) is 18.6 Å². The molecule has 196 valence electrons. The summed E-state index contributed by atoms with van der Waals surface area (Å²) in [7, 11) is -2.70. The van der Waals surface area contributed by atoms with E-state index in [4.69, 9.17) is 34.8 Å². The van der Waals surface area contributed by atoms with Crippen LogP contribution in [0.2, 0.25) is 15.1 Å². The fraction of sp³-hybridized carbons (Fsp3) is 0.231. The van der Waals surface area contributed by atoms with E-state index in [0.29, 0.717) is 26.3 Å². The molecule has 0 fully saturated rings. The number of rotatable bonds is 9. The van der Waals surface area contributed by atoms with Crippen LogP contribution in [-0.2, 0) is 26.2 Å². The first kappa shape index (κ1) is 28.8. The lowest BCUT2D eigenvalue weighted by atomic mass is 10.1. The van der Waals surface area contributed by atoms with E-state index < -0.39 is 34.4 Å². The number of likely N-dealkylation sites (N-methyl/N-ethyl adjacent to an activating group) is 1. The quantitative estimate of drug-likeness (QED) is 0.370. The molecule has 0 bridgehead atoms. The van der Waals surface area contributed by atoms with Gasteiger partial charge in [-0.25, -0.2) is 8.42 Å². The van der Waals surface area contributed by atoms with Gasteiger partial charge in [-0.2, -0.15) is 0 Å². The Hall–Kier alpha value is -2.78. The minimum atomic E-state index is -4.16. The van der Waals surface area contributed by atoms with Crippen LogP contribution in [0.4, 0.5) is 5.69 Å². The Morgan fingerprint density at radius 3 is 2.11 bits per heavy atom. The van der Waals surface area contributed by atoms with Crippen LogP contribution < -0.4 is 9.62 Å². The second kappa shape index (κ2) is 12.2. The summed E-state index contributed by atoms with van der Waals surface area (Å²) in [5.41, 5.74) is 1.85. The van der Waals surface area contributed by atoms with Crippen molar-refractivity contribution in [1.29, 1.82) is 0 Å². The first-order valence-electron chi connectivity index (χ1n) is 11.2. The van der Waals surface area contributed by atoms with E-state index in [1.807, 2.05) is 6.92 Å². The number of benzene rings is 3. The number of aryl methyl sites for hydroxylation is 1. The number of anilines is 1. The molecule has 3 aromatic carbocycles. The number of amides is 2. The largest absolute Gasteiger partial charge is 0.357 e. The summed E-state index contributed by atoms with van der Waals surface area (Å²) in [6, 6.07) is 16.4. The van der Waals surface area contributed by atoms with Crippen molar-refractivity contribution in [2.45, 2.75) is 31.3 Å². The second-order valence-corrected chi connectivity index (χ2v) is 11.5. The van der Waals surface area contributed by atoms with Gasteiger partial charge in [-0.1, -0.05) is 58.6 Å². The predicted molar refractivity (Wildman–Crippen MR) is 148 cm³/mol. The van der Waals surface area contributed by atoms with Crippen LogP contribution in [0.1, 0.15) is 18.1 Å². The molecule has 3 aromatic rings. The maximum Gasteiger partial charge on any atom is 0.264 e. The SMILES string of the molecule is CNC(=O)[C@@H](C)N(Cc1ccc(Cl)c(Cl)c1)C(=O)CN(c1ccc(C)cc1)S(=O)(=O)c1ccc(Cl)cc1. The Balaban J connectivity index is 2.03. The highest BCUT2D eigenvalue weighted by Crippen LogP contribution is 2.27. The summed E-state index contributed by atoms with van der Waals surface area (Å²) < 4.78 is 28.4. The molecule has 1 N–H and O–H groups in total. The van der Waals surface area contributed by atoms with E-state index in [0.717, 1.165) is 9.87 Å². The molecule has 0 saturated carbocycles. The third-order valence-electron chi connectivity index (χ3n) is 5.75. The van der Waals surface area contributed by atoms with Gasteiger partial charge in [-0.05, 0) is 67.9 Å². The first-order chi connectivity index (χ1) is 17.4. The number of hydrogen-bond donors (Lipinski definition) is 1. The van der Waals surface area contributed by atoms with Gasteiger partial charge in [-0.3, -0.25) is 13.9 Å². The Kier molecular flexibility index (Phi) is 9.47. The monoisotopic (exact) mass is 581 g/mol. The summed E-state index contributed by atoms with van der Waals surface area (Å²) >= 11 is 18.1. The number of nitrogens with one attached hydrogen (secondary N) is 1. The number of nitrogens with zero attached hydrogens (tertiary/aromatic N) is 2. The van der Waals surface area contributed by atoms with E-state index in [1.54, 1.807) is 49.4 Å². The molecule has 1 atom stereocenters. The maximum absolute atomic E-state index is 13.7. The molecule has 7 nitrogen and oxygen atoms in total. The molecule has 0 saturated heterocycles. The molecule has 0 aromatic heterocycles. The Morgan fingerprint density at radius 1 is 0.919 bits per heavy atom. The second-order valence-electron chi connectivity index (χ2n) is 8.36. The zero-order valence-corrected chi connectivity index (χ0v) is 23.5. The average Bonchev–Trinajstić information content (AvgIpc) is 2.87. The molecule has 0 aliphatic rings. The van der Waals surface area contributed by atoms with Crippen molar-refractivity contribution in [2.75, 3.05) is 17.9 Å². The Labute approximate surface area is 232 Å². The normalized spacial score (nSPS) is 12.1. The molecule has 2 amide bonds. The first-order valence-corrected chi connectivity index (χ1v) is 13.8. The number of carbonyl (C=O) groups excluding carboxylic acids is 2. The summed E-state index contributed by atoms with van der Waals surface area (Å²) in [6.45, 7) is 2.90. The average molecular weight is 583 g/mol. The van der Waals surface area contributed by atoms with Crippen LogP contribution in [0.25, 0.3) is 0 Å². The van der Waals surface area contributed by atoms with Crippen molar-refractivity contribution in [1.82, 2.24) is 10.2 Å². The fourth-order valence-corrected chi connectivity index (χ4v) is 5.46. The van der Waals surface area contributed by atoms with E-state index >= 15 is 0 Å². The van der Waals surface area contributed by atoms with Crippen LogP contribution in [0, 0.1) is 6.92 Å². The van der Waals surface area contributed by atoms with Crippen molar-refractivity contribution >= 4 is 62.3 Å². The zero-order chi connectivity index (χ0) is 27.3. The van der Waals surface area contributed by atoms with E-state index in [-0.39, 0.29) is 11.4 Å². The standard InChI is InChI=1S/C26H26Cl3N3O4S/c1-17-4-9-21(10-5-17)32(37(35,36)22-11-7-20(27)8-12-22)16-25(33)31(18(2)26(34)30-3)15-19-6-13-23(28)24(29)14-19/h4-14,18H,15-16H2,1-3H3,(H,30,34)/t18-/m1/s1. The minimum Gasteiger partial charge on any atom is -0.357 e. The Bertz CT molecular complexity index is 1380. The number of carbonyl (C=O) groups is 2. The molecule has 0 aliphatic heterocycles. The van der Waals surface area contributed by atoms with Gasteiger partial charge in [0.05, 0.1) is 20.6 Å². The van der Waals surface area contributed by atoms with E-state index in [1.165, 1.54) is 36.2 Å². The van der Waals surface area contributed by atoms with Crippen LogP contribution in [-0.4, -0.2) is 44.8 Å². The van der Waals surface area contributed by atoms with Gasteiger partial charge in [0.2, 0.25) is 11.8 Å². The lowest BCUT2D eigenvalue weighted by molar-refractivity contribution is -0.139. The Morgan fingerprint density at radius 2 is 1.54 bits per heavy atom. The molecule has 0 heterocycles. The summed E-state index contributed by atoms with van der Waals surface area (Å²) in [6.07, 6.45) is 0. The molecule has 0 spiro atoms. The van der Waals surface area contributed by atoms with Gasteiger partial charge in [0.1, 0.15) is 12.6 Å². The fourth-order valence-electron chi connectivity index (χ4n) is 3.60. The highest BCUT2D eigenvalue weighted by molar-refractivity contribution is 7.92. The number of halogens is 3. The lowest BCUT2D eigenvalue weighted by Crippen LogP contribution is -2.50. The zero-order valence-electron chi connectivity index (χ0n) is 20.4. The summed E-state index contributed by atoms with van der Waals surface area (Å²) in [5, 5.41) is 3.56. The topological polar surface area (TPSA) is 86.8 Å². The maximum atomic E-state index is 13.7. The highest BCUT2D eigenvalue weighted by atomic mass is 35.5. The van der Waals surface area contributed by atoms with Crippen molar-refractivity contribution < 1.29 is 18.0 Å². The molecule has 37 heavy (non-hydrogen) atoms. The van der Waals surface area contributed by atoms with Crippen LogP contribution in [0.3, 0.4) is 0 Å². The minimum absolute atomic E-state index is 0.00698. The van der Waals surface area contributed by atoms with Crippen LogP contribution in [0.15, 0.2) is 71.6 Å². The smallest absolute Gasteiger partial charge is 0.264 e. The van der Waals surface area contributed by atoms with Crippen molar-refractivity contribution in [2.24, 2.45) is 0 Å². The van der Waals surface area contributed by atoms with Crippen molar-refractivity contribution in [3.8, 4) is 0 Å². The van der Waals surface area contributed by atoms with E-state index in [2.05, 4.69) is 5.32 Å². The van der Waals surface area contributed by atoms with Gasteiger partial charge in [0.15, 0.2) is 0 Å². The lowest BCUT2D eigenvalue weighted by Gasteiger charge is -2.32. The van der Waals surface area contributed by atoms with Crippen LogP contribution in [0.5, 0.6) is 0 Å². The van der Waals surface area contributed by atoms with Crippen LogP contribution >= 0.6 is 34.8 Å². The van der Waals surface area contributed by atoms with Gasteiger partial charge >= 0.3 is 0 Å². The summed E-state index contributed by atoms with van der Waals surface area (Å²) in [4.78, 5) is 27.5. The third-order valence-corrected chi connectivity index (χ3v) is 8.53. The summed E-state index contributed by atoms with van der Waals surface area (Å²) in [5.74, 6) is -0.990. The van der Waals surface area contributed by atoms with Gasteiger partial charge in [-0.15, -0.1) is 0 Å². The van der Waals surface area contributed by atoms with E-state index in [9.17, 15) is 18.0 Å². The van der Waals surface area contributed by atoms with Gasteiger partial charge in [0.25, 0.3) is 10.0 Å². The molecule has 0 aliphatic carbocycles. The van der Waals surface area contributed by atoms with Gasteiger partial charge < -0.3 is 10.2 Å². The number of hydrogen-bond acceptors (Lipinski definition) is 4. The molecular weight excluding hydrogens is 557 g/mol. The third kappa shape index (κ3) is 6.96. The van der Waals surface area contributed by atoms with Crippen molar-refractivity contribution in [3.05, 3.63) is 92.9 Å².